The zero-order valence-corrected chi connectivity index (χ0v) is 11.7. The van der Waals surface area contributed by atoms with Gasteiger partial charge in [-0.2, -0.15) is 0 Å². The van der Waals surface area contributed by atoms with Crippen LogP contribution in [0.5, 0.6) is 5.75 Å². The Hall–Kier alpha value is -1.07. The summed E-state index contributed by atoms with van der Waals surface area (Å²) in [5, 5.41) is 4.56. The van der Waals surface area contributed by atoms with Crippen LogP contribution in [0.4, 0.5) is 0 Å². The van der Waals surface area contributed by atoms with E-state index >= 15 is 0 Å². The van der Waals surface area contributed by atoms with Crippen LogP contribution in [0.15, 0.2) is 24.3 Å². The van der Waals surface area contributed by atoms with E-state index in [0.717, 1.165) is 15.4 Å². The maximum atomic E-state index is 12.0. The zero-order chi connectivity index (χ0) is 12.3. The second-order valence-electron chi connectivity index (χ2n) is 3.41. The molecule has 0 bridgehead atoms. The van der Waals surface area contributed by atoms with E-state index in [4.69, 9.17) is 4.74 Å². The van der Waals surface area contributed by atoms with Gasteiger partial charge in [-0.05, 0) is 12.1 Å². The molecule has 2 aromatic rings. The van der Waals surface area contributed by atoms with Gasteiger partial charge >= 0.3 is 0 Å². The van der Waals surface area contributed by atoms with Crippen molar-refractivity contribution in [2.45, 2.75) is 0 Å². The third kappa shape index (κ3) is 2.45. The molecule has 1 aromatic heterocycles. The number of carbonyl (C=O) groups excluding carboxylic acids is 1. The van der Waals surface area contributed by atoms with Crippen LogP contribution in [-0.4, -0.2) is 24.9 Å². The first-order valence-corrected chi connectivity index (χ1v) is 7.11. The van der Waals surface area contributed by atoms with Gasteiger partial charge in [0.15, 0.2) is 0 Å². The summed E-state index contributed by atoms with van der Waals surface area (Å²) in [6.07, 6.45) is 0. The van der Waals surface area contributed by atoms with Crippen LogP contribution >= 0.6 is 27.3 Å². The minimum Gasteiger partial charge on any atom is -0.494 e. The molecule has 1 amide bonds. The lowest BCUT2D eigenvalue weighted by Gasteiger charge is -2.03. The highest BCUT2D eigenvalue weighted by atomic mass is 79.9. The molecule has 3 nitrogen and oxygen atoms in total. The Kier molecular flexibility index (Phi) is 4.02. The van der Waals surface area contributed by atoms with Gasteiger partial charge in [0.2, 0.25) is 0 Å². The second-order valence-corrected chi connectivity index (χ2v) is 5.25. The highest BCUT2D eigenvalue weighted by Crippen LogP contribution is 2.37. The normalized spacial score (nSPS) is 10.5. The summed E-state index contributed by atoms with van der Waals surface area (Å²) in [4.78, 5) is 12.6. The molecule has 17 heavy (non-hydrogen) atoms. The SMILES string of the molecule is COc1c(C(=O)NCCBr)sc2ccccc12. The van der Waals surface area contributed by atoms with Crippen LogP contribution in [0.1, 0.15) is 9.67 Å². The fraction of sp³-hybridized carbons (Fsp3) is 0.250. The highest BCUT2D eigenvalue weighted by Gasteiger charge is 2.18. The van der Waals surface area contributed by atoms with E-state index in [1.165, 1.54) is 11.3 Å². The summed E-state index contributed by atoms with van der Waals surface area (Å²) < 4.78 is 6.40. The largest absolute Gasteiger partial charge is 0.494 e. The molecule has 0 aliphatic rings. The molecular formula is C12H12BrNO2S. The van der Waals surface area contributed by atoms with E-state index in [0.29, 0.717) is 17.2 Å². The third-order valence-corrected chi connectivity index (χ3v) is 3.89. The number of hydrogen-bond acceptors (Lipinski definition) is 3. The van der Waals surface area contributed by atoms with E-state index in [9.17, 15) is 4.79 Å². The molecule has 5 heteroatoms. The summed E-state index contributed by atoms with van der Waals surface area (Å²) in [6.45, 7) is 0.607. The average molecular weight is 314 g/mol. The molecule has 1 N–H and O–H groups in total. The van der Waals surface area contributed by atoms with Crippen LogP contribution in [0.3, 0.4) is 0 Å². The maximum Gasteiger partial charge on any atom is 0.265 e. The van der Waals surface area contributed by atoms with Crippen LogP contribution in [0.25, 0.3) is 10.1 Å². The van der Waals surface area contributed by atoms with Crippen LogP contribution in [-0.2, 0) is 0 Å². The minimum absolute atomic E-state index is 0.0810. The molecule has 0 aliphatic carbocycles. The number of nitrogens with one attached hydrogen (secondary N) is 1. The van der Waals surface area contributed by atoms with Crippen molar-refractivity contribution in [3.63, 3.8) is 0 Å². The number of halogens is 1. The fourth-order valence-corrected chi connectivity index (χ4v) is 2.90. The number of rotatable bonds is 4. The van der Waals surface area contributed by atoms with E-state index in [2.05, 4.69) is 21.2 Å². The second kappa shape index (κ2) is 5.51. The number of fused-ring (bicyclic) bond motifs is 1. The number of ether oxygens (including phenoxy) is 1. The average Bonchev–Trinajstić information content (AvgIpc) is 2.74. The number of hydrogen-bond donors (Lipinski definition) is 1. The first-order chi connectivity index (χ1) is 8.27. The molecule has 0 atom stereocenters. The molecule has 0 aliphatic heterocycles. The lowest BCUT2D eigenvalue weighted by Crippen LogP contribution is -2.24. The minimum atomic E-state index is -0.0810. The summed E-state index contributed by atoms with van der Waals surface area (Å²) in [5.74, 6) is 0.583. The topological polar surface area (TPSA) is 38.3 Å². The van der Waals surface area contributed by atoms with E-state index in [1.807, 2.05) is 24.3 Å². The summed E-state index contributed by atoms with van der Waals surface area (Å²) >= 11 is 4.73. The van der Waals surface area contributed by atoms with Gasteiger partial charge in [0, 0.05) is 22.0 Å². The molecule has 0 saturated carbocycles. The van der Waals surface area contributed by atoms with Gasteiger partial charge in [-0.25, -0.2) is 0 Å². The quantitative estimate of drug-likeness (QED) is 0.881. The molecule has 0 unspecified atom stereocenters. The van der Waals surface area contributed by atoms with Crippen molar-refractivity contribution in [1.29, 1.82) is 0 Å². The number of methoxy groups -OCH3 is 1. The van der Waals surface area contributed by atoms with E-state index in [-0.39, 0.29) is 5.91 Å². The Morgan fingerprint density at radius 1 is 1.47 bits per heavy atom. The predicted molar refractivity (Wildman–Crippen MR) is 74.5 cm³/mol. The molecular weight excluding hydrogens is 302 g/mol. The van der Waals surface area contributed by atoms with Crippen molar-refractivity contribution in [2.24, 2.45) is 0 Å². The number of thiophene rings is 1. The fourth-order valence-electron chi connectivity index (χ4n) is 1.62. The maximum absolute atomic E-state index is 12.0. The molecule has 0 fully saturated rings. The molecule has 0 spiro atoms. The van der Waals surface area contributed by atoms with Crippen molar-refractivity contribution in [2.75, 3.05) is 19.0 Å². The van der Waals surface area contributed by atoms with Gasteiger partial charge in [-0.1, -0.05) is 28.1 Å². The number of benzene rings is 1. The monoisotopic (exact) mass is 313 g/mol. The molecule has 1 aromatic carbocycles. The molecule has 0 radical (unpaired) electrons. The van der Waals surface area contributed by atoms with Crippen molar-refractivity contribution < 1.29 is 9.53 Å². The van der Waals surface area contributed by atoms with Gasteiger partial charge in [-0.3, -0.25) is 4.79 Å². The molecule has 2 rings (SSSR count). The van der Waals surface area contributed by atoms with Crippen molar-refractivity contribution >= 4 is 43.3 Å². The highest BCUT2D eigenvalue weighted by molar-refractivity contribution is 9.09. The molecule has 90 valence electrons. The van der Waals surface area contributed by atoms with Crippen LogP contribution in [0, 0.1) is 0 Å². The Morgan fingerprint density at radius 3 is 2.94 bits per heavy atom. The Labute approximate surface area is 112 Å². The number of carbonyl (C=O) groups is 1. The Morgan fingerprint density at radius 2 is 2.24 bits per heavy atom. The molecule has 1 heterocycles. The van der Waals surface area contributed by atoms with Gasteiger partial charge < -0.3 is 10.1 Å². The summed E-state index contributed by atoms with van der Waals surface area (Å²) in [5.41, 5.74) is 0. The van der Waals surface area contributed by atoms with Gasteiger partial charge in [0.1, 0.15) is 10.6 Å². The van der Waals surface area contributed by atoms with E-state index < -0.39 is 0 Å². The zero-order valence-electron chi connectivity index (χ0n) is 9.33. The smallest absolute Gasteiger partial charge is 0.265 e. The van der Waals surface area contributed by atoms with Crippen LogP contribution in [0.2, 0.25) is 0 Å². The van der Waals surface area contributed by atoms with E-state index in [1.54, 1.807) is 7.11 Å². The van der Waals surface area contributed by atoms with Crippen LogP contribution < -0.4 is 10.1 Å². The Bertz CT molecular complexity index is 538. The standard InChI is InChI=1S/C12H12BrNO2S/c1-16-10-8-4-2-3-5-9(8)17-11(10)12(15)14-7-6-13/h2-5H,6-7H2,1H3,(H,14,15). The predicted octanol–water partition coefficient (Wildman–Crippen LogP) is 3.03. The molecule has 0 saturated heterocycles. The summed E-state index contributed by atoms with van der Waals surface area (Å²) in [6, 6.07) is 7.85. The first-order valence-electron chi connectivity index (χ1n) is 5.17. The lowest BCUT2D eigenvalue weighted by atomic mass is 10.2. The third-order valence-electron chi connectivity index (χ3n) is 2.34. The number of amides is 1. The summed E-state index contributed by atoms with van der Waals surface area (Å²) in [7, 11) is 1.59. The lowest BCUT2D eigenvalue weighted by molar-refractivity contribution is 0.0958. The van der Waals surface area contributed by atoms with Crippen molar-refractivity contribution in [1.82, 2.24) is 5.32 Å². The van der Waals surface area contributed by atoms with Gasteiger partial charge in [0.25, 0.3) is 5.91 Å². The van der Waals surface area contributed by atoms with Gasteiger partial charge in [-0.15, -0.1) is 11.3 Å². The van der Waals surface area contributed by atoms with Crippen molar-refractivity contribution in [3.8, 4) is 5.75 Å². The first kappa shape index (κ1) is 12.4. The van der Waals surface area contributed by atoms with Crippen molar-refractivity contribution in [3.05, 3.63) is 29.1 Å². The van der Waals surface area contributed by atoms with Gasteiger partial charge in [0.05, 0.1) is 7.11 Å². The Balaban J connectivity index is 2.42. The number of alkyl halides is 1.